The van der Waals surface area contributed by atoms with E-state index >= 15 is 0 Å². The zero-order valence-electron chi connectivity index (χ0n) is 22.2. The van der Waals surface area contributed by atoms with E-state index in [9.17, 15) is 0 Å². The number of halogens is 1. The van der Waals surface area contributed by atoms with E-state index < -0.39 is 0 Å². The number of aromatic nitrogens is 2. The van der Waals surface area contributed by atoms with Crippen molar-refractivity contribution in [2.45, 2.75) is 20.8 Å². The molecule has 4 aromatic rings. The Kier molecular flexibility index (Phi) is 11.2. The fraction of sp³-hybridized carbons (Fsp3) is 0.0857. The third kappa shape index (κ3) is 8.12. The smallest absolute Gasteiger partial charge is 0.160 e. The molecule has 0 aliphatic carbocycles. The van der Waals surface area contributed by atoms with Crippen LogP contribution in [0.15, 0.2) is 140 Å². The first kappa shape index (κ1) is 28.3. The highest BCUT2D eigenvalue weighted by Crippen LogP contribution is 2.30. The van der Waals surface area contributed by atoms with E-state index in [0.717, 1.165) is 39.2 Å². The predicted octanol–water partition coefficient (Wildman–Crippen LogP) is 10.4. The maximum Gasteiger partial charge on any atom is 0.160 e. The molecule has 3 aromatic carbocycles. The Morgan fingerprint density at radius 1 is 0.632 bits per heavy atom. The molecule has 0 saturated carbocycles. The minimum atomic E-state index is 0.641. The second-order valence-corrected chi connectivity index (χ2v) is 8.76. The number of hydrogen-bond donors (Lipinski definition) is 0. The van der Waals surface area contributed by atoms with Crippen molar-refractivity contribution in [3.8, 4) is 33.6 Å². The highest BCUT2D eigenvalue weighted by Gasteiger charge is 2.11. The minimum Gasteiger partial charge on any atom is -0.228 e. The lowest BCUT2D eigenvalue weighted by Gasteiger charge is -2.11. The summed E-state index contributed by atoms with van der Waals surface area (Å²) < 4.78 is 0. The molecule has 3 heteroatoms. The average molecular weight is 517 g/mol. The summed E-state index contributed by atoms with van der Waals surface area (Å²) in [4.78, 5) is 9.74. The van der Waals surface area contributed by atoms with Crippen molar-refractivity contribution >= 4 is 17.2 Å². The molecule has 1 heterocycles. The van der Waals surface area contributed by atoms with Crippen LogP contribution in [0.5, 0.6) is 0 Å². The monoisotopic (exact) mass is 516 g/mol. The third-order valence-electron chi connectivity index (χ3n) is 5.55. The van der Waals surface area contributed by atoms with Gasteiger partial charge in [0.25, 0.3) is 0 Å². The van der Waals surface area contributed by atoms with Crippen molar-refractivity contribution in [1.29, 1.82) is 0 Å². The van der Waals surface area contributed by atoms with Crippen molar-refractivity contribution in [1.82, 2.24) is 9.97 Å². The van der Waals surface area contributed by atoms with Crippen LogP contribution < -0.4 is 0 Å². The second kappa shape index (κ2) is 15.1. The summed E-state index contributed by atoms with van der Waals surface area (Å²) in [5.41, 5.74) is 6.79. The van der Waals surface area contributed by atoms with Gasteiger partial charge in [0.15, 0.2) is 5.82 Å². The van der Waals surface area contributed by atoms with Crippen molar-refractivity contribution in [3.63, 3.8) is 0 Å². The molecule has 0 aliphatic heterocycles. The lowest BCUT2D eigenvalue weighted by Crippen LogP contribution is -1.98. The standard InChI is InChI=1S/C29H23ClN2.C6H10/c1-3-5-11-21(4-2)29-31-27(22-12-7-6-8-13-22)20-28(32-29)25-16-9-14-23(18-25)24-15-10-17-26(30)19-24;1-3-5-6-4-2/h3-20H,2H2,1H3;3-6H,1-2H3/b5-3-,21-11+;5-3-,6-4-. The van der Waals surface area contributed by atoms with Gasteiger partial charge in [0.2, 0.25) is 0 Å². The largest absolute Gasteiger partial charge is 0.228 e. The molecular formula is C35H33ClN2. The Morgan fingerprint density at radius 2 is 1.18 bits per heavy atom. The van der Waals surface area contributed by atoms with Gasteiger partial charge in [-0.1, -0.05) is 127 Å². The van der Waals surface area contributed by atoms with Crippen LogP contribution in [0.2, 0.25) is 5.02 Å². The van der Waals surface area contributed by atoms with E-state index in [1.165, 1.54) is 0 Å². The highest BCUT2D eigenvalue weighted by atomic mass is 35.5. The van der Waals surface area contributed by atoms with Gasteiger partial charge in [-0.15, -0.1) is 0 Å². The summed E-state index contributed by atoms with van der Waals surface area (Å²) in [6, 6.07) is 28.4. The topological polar surface area (TPSA) is 25.8 Å². The van der Waals surface area contributed by atoms with Crippen molar-refractivity contribution < 1.29 is 0 Å². The Labute approximate surface area is 232 Å². The number of hydrogen-bond acceptors (Lipinski definition) is 2. The van der Waals surface area contributed by atoms with Crippen LogP contribution in [0.3, 0.4) is 0 Å². The summed E-state index contributed by atoms with van der Waals surface area (Å²) >= 11 is 6.21. The first-order chi connectivity index (χ1) is 18.6. The fourth-order valence-corrected chi connectivity index (χ4v) is 3.85. The van der Waals surface area contributed by atoms with E-state index in [0.29, 0.717) is 10.8 Å². The van der Waals surface area contributed by atoms with Gasteiger partial charge < -0.3 is 0 Å². The number of nitrogens with zero attached hydrogens (tertiary/aromatic N) is 2. The zero-order chi connectivity index (χ0) is 27.2. The zero-order valence-corrected chi connectivity index (χ0v) is 22.9. The molecule has 0 fully saturated rings. The normalized spacial score (nSPS) is 11.6. The lowest BCUT2D eigenvalue weighted by molar-refractivity contribution is 1.13. The third-order valence-corrected chi connectivity index (χ3v) is 5.79. The molecule has 0 saturated heterocycles. The average Bonchev–Trinajstić information content (AvgIpc) is 2.97. The van der Waals surface area contributed by atoms with Gasteiger partial charge in [-0.25, -0.2) is 9.97 Å². The molecule has 0 unspecified atom stereocenters. The van der Waals surface area contributed by atoms with Crippen LogP contribution in [0.4, 0.5) is 0 Å². The molecule has 0 atom stereocenters. The number of rotatable bonds is 7. The maximum absolute atomic E-state index is 6.21. The van der Waals surface area contributed by atoms with E-state index in [2.05, 4.69) is 43.0 Å². The second-order valence-electron chi connectivity index (χ2n) is 8.32. The molecule has 0 aliphatic rings. The molecule has 4 rings (SSSR count). The molecule has 0 radical (unpaired) electrons. The van der Waals surface area contributed by atoms with Gasteiger partial charge in [0.05, 0.1) is 11.4 Å². The van der Waals surface area contributed by atoms with Gasteiger partial charge in [-0.3, -0.25) is 0 Å². The fourth-order valence-electron chi connectivity index (χ4n) is 3.66. The molecule has 0 N–H and O–H groups in total. The molecule has 190 valence electrons. The van der Waals surface area contributed by atoms with Gasteiger partial charge in [-0.2, -0.15) is 0 Å². The summed E-state index contributed by atoms with van der Waals surface area (Å²) in [7, 11) is 0. The van der Waals surface area contributed by atoms with Gasteiger partial charge in [-0.05, 0) is 56.2 Å². The Balaban J connectivity index is 0.000000599. The summed E-state index contributed by atoms with van der Waals surface area (Å²) in [5, 5.41) is 0.716. The van der Waals surface area contributed by atoms with Gasteiger partial charge in [0, 0.05) is 21.7 Å². The van der Waals surface area contributed by atoms with Gasteiger partial charge >= 0.3 is 0 Å². The van der Waals surface area contributed by atoms with Crippen LogP contribution in [0, 0.1) is 0 Å². The van der Waals surface area contributed by atoms with E-state index in [4.69, 9.17) is 21.6 Å². The minimum absolute atomic E-state index is 0.641. The molecule has 2 nitrogen and oxygen atoms in total. The number of allylic oxidation sites excluding steroid dienone is 9. The Bertz CT molecular complexity index is 1450. The van der Waals surface area contributed by atoms with Gasteiger partial charge in [0.1, 0.15) is 0 Å². The summed E-state index contributed by atoms with van der Waals surface area (Å²) in [5.74, 6) is 0.641. The molecule has 0 spiro atoms. The number of benzene rings is 3. The Morgan fingerprint density at radius 3 is 1.79 bits per heavy atom. The van der Waals surface area contributed by atoms with E-state index in [1.807, 2.05) is 112 Å². The molecule has 1 aromatic heterocycles. The summed E-state index contributed by atoms with van der Waals surface area (Å²) in [6.07, 6.45) is 15.7. The highest BCUT2D eigenvalue weighted by molar-refractivity contribution is 6.30. The molecule has 0 bridgehead atoms. The quantitative estimate of drug-likeness (QED) is 0.228. The predicted molar refractivity (Wildman–Crippen MR) is 166 cm³/mol. The molecule has 0 amide bonds. The first-order valence-corrected chi connectivity index (χ1v) is 13.0. The van der Waals surface area contributed by atoms with Crippen LogP contribution >= 0.6 is 11.6 Å². The van der Waals surface area contributed by atoms with Crippen molar-refractivity contribution in [2.24, 2.45) is 0 Å². The van der Waals surface area contributed by atoms with Crippen LogP contribution in [0.25, 0.3) is 39.2 Å². The molecular weight excluding hydrogens is 484 g/mol. The summed E-state index contributed by atoms with van der Waals surface area (Å²) in [6.45, 7) is 9.94. The van der Waals surface area contributed by atoms with E-state index in [-0.39, 0.29) is 0 Å². The van der Waals surface area contributed by atoms with Crippen molar-refractivity contribution in [2.75, 3.05) is 0 Å². The molecule has 38 heavy (non-hydrogen) atoms. The van der Waals surface area contributed by atoms with Crippen LogP contribution in [-0.2, 0) is 0 Å². The first-order valence-electron chi connectivity index (χ1n) is 12.6. The maximum atomic E-state index is 6.21. The van der Waals surface area contributed by atoms with Crippen LogP contribution in [0.1, 0.15) is 26.6 Å². The van der Waals surface area contributed by atoms with E-state index in [1.54, 1.807) is 6.08 Å². The van der Waals surface area contributed by atoms with Crippen molar-refractivity contribution in [3.05, 3.63) is 151 Å². The van der Waals surface area contributed by atoms with Crippen LogP contribution in [-0.4, -0.2) is 9.97 Å². The lowest BCUT2D eigenvalue weighted by atomic mass is 10.0. The SMILES string of the molecule is C/C=C\C=C/C.C=C/C(=C\C=C/C)c1nc(-c2ccccc2)cc(-c2cccc(-c3cccc(Cl)c3)c2)n1. The Hall–Kier alpha value is -4.27.